The summed E-state index contributed by atoms with van der Waals surface area (Å²) in [4.78, 5) is 15.1. The molecule has 0 fully saturated rings. The van der Waals surface area contributed by atoms with Crippen molar-refractivity contribution in [2.75, 3.05) is 0 Å². The first-order valence-electron chi connectivity index (χ1n) is 18.9. The molecule has 0 amide bonds. The number of nitrogens with zero attached hydrogens (tertiary/aromatic N) is 5. The van der Waals surface area contributed by atoms with Gasteiger partial charge in [0.15, 0.2) is 5.82 Å². The van der Waals surface area contributed by atoms with E-state index in [4.69, 9.17) is 9.97 Å². The highest BCUT2D eigenvalue weighted by Crippen LogP contribution is 2.38. The van der Waals surface area contributed by atoms with Gasteiger partial charge in [-0.15, -0.1) is 0 Å². The van der Waals surface area contributed by atoms with Crippen molar-refractivity contribution in [3.05, 3.63) is 200 Å². The van der Waals surface area contributed by atoms with Crippen LogP contribution in [0.1, 0.15) is 0 Å². The fraction of sp³-hybridized carbons (Fsp3) is 0. The van der Waals surface area contributed by atoms with E-state index < -0.39 is 0 Å². The van der Waals surface area contributed by atoms with Crippen LogP contribution in [0.5, 0.6) is 0 Å². The Kier molecular flexibility index (Phi) is 7.42. The SMILES string of the molecule is c1ccc(-c2nc(-c3ccc(-c4ccccn4)cc3)cc(-c3cc(-n4c5ccccc5c5ccccc54)cc(-n4c5ccccc5c5ccccc54)c3)n2)cc1. The Bertz CT molecular complexity index is 2990. The van der Waals surface area contributed by atoms with Crippen LogP contribution in [0, 0.1) is 0 Å². The predicted octanol–water partition coefficient (Wildman–Crippen LogP) is 12.7. The van der Waals surface area contributed by atoms with Crippen molar-refractivity contribution in [2.24, 2.45) is 0 Å². The second-order valence-corrected chi connectivity index (χ2v) is 14.1. The molecule has 7 aromatic carbocycles. The number of hydrogen-bond acceptors (Lipinski definition) is 3. The van der Waals surface area contributed by atoms with Crippen LogP contribution in [0.15, 0.2) is 200 Å². The third-order valence-electron chi connectivity index (χ3n) is 10.8. The van der Waals surface area contributed by atoms with Gasteiger partial charge in [0, 0.05) is 61.4 Å². The van der Waals surface area contributed by atoms with E-state index in [1.165, 1.54) is 21.5 Å². The van der Waals surface area contributed by atoms with Crippen LogP contribution in [-0.4, -0.2) is 24.1 Å². The number of rotatable bonds is 6. The summed E-state index contributed by atoms with van der Waals surface area (Å²) in [6, 6.07) is 68.4. The fourth-order valence-corrected chi connectivity index (χ4v) is 8.21. The fourth-order valence-electron chi connectivity index (χ4n) is 8.21. The quantitative estimate of drug-likeness (QED) is 0.172. The van der Waals surface area contributed by atoms with E-state index in [1.807, 2.05) is 42.6 Å². The van der Waals surface area contributed by atoms with Gasteiger partial charge < -0.3 is 9.13 Å². The second kappa shape index (κ2) is 13.0. The molecule has 0 spiro atoms. The molecule has 262 valence electrons. The number of benzene rings is 7. The molecule has 0 aliphatic rings. The van der Waals surface area contributed by atoms with Gasteiger partial charge in [-0.25, -0.2) is 9.97 Å². The molecule has 4 heterocycles. The number of pyridine rings is 1. The standard InChI is InChI=1S/C51H33N5/c1-2-14-36(15-3-1)51-53-45(35-27-25-34(26-28-35)44-20-12-13-29-52-44)33-46(54-51)37-30-38(55-47-21-8-4-16-40(47)41-17-5-9-22-48(41)55)32-39(31-37)56-49-23-10-6-18-42(49)43-19-7-11-24-50(43)56/h1-33H. The van der Waals surface area contributed by atoms with Crippen molar-refractivity contribution in [3.8, 4) is 56.5 Å². The van der Waals surface area contributed by atoms with Crippen LogP contribution in [-0.2, 0) is 0 Å². The molecule has 5 heteroatoms. The maximum Gasteiger partial charge on any atom is 0.160 e. The highest BCUT2D eigenvalue weighted by molar-refractivity contribution is 6.10. The van der Waals surface area contributed by atoms with E-state index in [0.717, 1.165) is 72.8 Å². The largest absolute Gasteiger partial charge is 0.309 e. The summed E-state index contributed by atoms with van der Waals surface area (Å²) in [5.74, 6) is 0.674. The minimum Gasteiger partial charge on any atom is -0.309 e. The molecule has 11 aromatic rings. The molecule has 0 N–H and O–H groups in total. The molecule has 0 bridgehead atoms. The lowest BCUT2D eigenvalue weighted by molar-refractivity contribution is 1.13. The zero-order valence-corrected chi connectivity index (χ0v) is 30.3. The third-order valence-corrected chi connectivity index (χ3v) is 10.8. The van der Waals surface area contributed by atoms with Crippen LogP contribution in [0.4, 0.5) is 0 Å². The van der Waals surface area contributed by atoms with Crippen molar-refractivity contribution in [1.29, 1.82) is 0 Å². The van der Waals surface area contributed by atoms with Gasteiger partial charge >= 0.3 is 0 Å². The van der Waals surface area contributed by atoms with Gasteiger partial charge in [-0.1, -0.05) is 133 Å². The second-order valence-electron chi connectivity index (χ2n) is 14.1. The van der Waals surface area contributed by atoms with Gasteiger partial charge in [0.1, 0.15) is 0 Å². The average molecular weight is 716 g/mol. The Balaban J connectivity index is 1.19. The molecular formula is C51H33N5. The Morgan fingerprint density at radius 1 is 0.304 bits per heavy atom. The number of fused-ring (bicyclic) bond motifs is 6. The van der Waals surface area contributed by atoms with Gasteiger partial charge in [-0.2, -0.15) is 0 Å². The molecule has 0 unspecified atom stereocenters. The van der Waals surface area contributed by atoms with E-state index in [0.29, 0.717) is 5.82 Å². The van der Waals surface area contributed by atoms with Crippen LogP contribution in [0.2, 0.25) is 0 Å². The average Bonchev–Trinajstić information content (AvgIpc) is 3.80. The molecule has 0 radical (unpaired) electrons. The van der Waals surface area contributed by atoms with Crippen molar-refractivity contribution in [1.82, 2.24) is 24.1 Å². The zero-order chi connectivity index (χ0) is 37.0. The summed E-state index contributed by atoms with van der Waals surface area (Å²) in [5.41, 5.74) is 13.4. The summed E-state index contributed by atoms with van der Waals surface area (Å²) >= 11 is 0. The number of para-hydroxylation sites is 4. The van der Waals surface area contributed by atoms with E-state index in [2.05, 4.69) is 172 Å². The molecule has 0 saturated heterocycles. The summed E-state index contributed by atoms with van der Waals surface area (Å²) in [6.07, 6.45) is 1.83. The van der Waals surface area contributed by atoms with Gasteiger partial charge in [-0.05, 0) is 60.7 Å². The number of hydrogen-bond donors (Lipinski definition) is 0. The first-order valence-corrected chi connectivity index (χ1v) is 18.9. The lowest BCUT2D eigenvalue weighted by Gasteiger charge is -2.16. The highest BCUT2D eigenvalue weighted by Gasteiger charge is 2.19. The molecule has 0 aliphatic heterocycles. The first-order chi connectivity index (χ1) is 27.8. The van der Waals surface area contributed by atoms with Crippen LogP contribution < -0.4 is 0 Å². The van der Waals surface area contributed by atoms with E-state index in [-0.39, 0.29) is 0 Å². The predicted molar refractivity (Wildman–Crippen MR) is 230 cm³/mol. The Labute approximate surface area is 323 Å². The first kappa shape index (κ1) is 31.9. The van der Waals surface area contributed by atoms with Crippen LogP contribution >= 0.6 is 0 Å². The smallest absolute Gasteiger partial charge is 0.160 e. The van der Waals surface area contributed by atoms with Crippen molar-refractivity contribution in [2.45, 2.75) is 0 Å². The van der Waals surface area contributed by atoms with E-state index in [9.17, 15) is 0 Å². The van der Waals surface area contributed by atoms with Gasteiger partial charge in [0.25, 0.3) is 0 Å². The van der Waals surface area contributed by atoms with Gasteiger partial charge in [-0.3, -0.25) is 4.98 Å². The van der Waals surface area contributed by atoms with Crippen molar-refractivity contribution >= 4 is 43.6 Å². The molecule has 0 saturated carbocycles. The van der Waals surface area contributed by atoms with Crippen molar-refractivity contribution in [3.63, 3.8) is 0 Å². The summed E-state index contributed by atoms with van der Waals surface area (Å²) in [5, 5.41) is 4.88. The van der Waals surface area contributed by atoms with Gasteiger partial charge in [0.2, 0.25) is 0 Å². The lowest BCUT2D eigenvalue weighted by Crippen LogP contribution is -2.01. The Morgan fingerprint density at radius 3 is 1.21 bits per heavy atom. The molecular weight excluding hydrogens is 683 g/mol. The zero-order valence-electron chi connectivity index (χ0n) is 30.3. The highest BCUT2D eigenvalue weighted by atomic mass is 15.0. The summed E-state index contributed by atoms with van der Waals surface area (Å²) in [7, 11) is 0. The lowest BCUT2D eigenvalue weighted by atomic mass is 10.0. The molecule has 56 heavy (non-hydrogen) atoms. The Hall–Kier alpha value is -7.63. The van der Waals surface area contributed by atoms with E-state index in [1.54, 1.807) is 0 Å². The molecule has 11 rings (SSSR count). The molecule has 0 atom stereocenters. The van der Waals surface area contributed by atoms with Crippen molar-refractivity contribution < 1.29 is 0 Å². The molecule has 5 nitrogen and oxygen atoms in total. The minimum atomic E-state index is 0.674. The normalized spacial score (nSPS) is 11.6. The summed E-state index contributed by atoms with van der Waals surface area (Å²) < 4.78 is 4.78. The topological polar surface area (TPSA) is 48.5 Å². The Morgan fingerprint density at radius 2 is 0.732 bits per heavy atom. The minimum absolute atomic E-state index is 0.674. The van der Waals surface area contributed by atoms with E-state index >= 15 is 0 Å². The molecule has 4 aromatic heterocycles. The number of aromatic nitrogens is 5. The summed E-state index contributed by atoms with van der Waals surface area (Å²) in [6.45, 7) is 0. The van der Waals surface area contributed by atoms with Crippen LogP contribution in [0.3, 0.4) is 0 Å². The van der Waals surface area contributed by atoms with Crippen LogP contribution in [0.25, 0.3) is 100 Å². The maximum absolute atomic E-state index is 5.32. The van der Waals surface area contributed by atoms with Gasteiger partial charge in [0.05, 0.1) is 39.1 Å². The molecule has 0 aliphatic carbocycles. The third kappa shape index (κ3) is 5.29. The maximum atomic E-state index is 5.32. The monoisotopic (exact) mass is 715 g/mol.